The molecule has 0 saturated heterocycles. The van der Waals surface area contributed by atoms with Gasteiger partial charge in [0.15, 0.2) is 0 Å². The predicted octanol–water partition coefficient (Wildman–Crippen LogP) is 15.1. The lowest BCUT2D eigenvalue weighted by molar-refractivity contribution is 0.332. The molecule has 0 saturated carbocycles. The number of aryl methyl sites for hydroxylation is 1. The van der Waals surface area contributed by atoms with Crippen molar-refractivity contribution >= 4 is 17.1 Å². The fraction of sp³-hybridized carbons (Fsp3) is 0.222. The van der Waals surface area contributed by atoms with Gasteiger partial charge < -0.3 is 4.90 Å². The molecule has 2 aliphatic rings. The molecule has 0 fully saturated rings. The number of rotatable bonds is 6. The lowest BCUT2D eigenvalue weighted by Gasteiger charge is -2.44. The van der Waals surface area contributed by atoms with Gasteiger partial charge in [0, 0.05) is 22.2 Å². The van der Waals surface area contributed by atoms with E-state index in [0.29, 0.717) is 0 Å². The first-order chi connectivity index (χ1) is 26.5. The zero-order chi connectivity index (χ0) is 38.1. The second kappa shape index (κ2) is 13.0. The molecule has 0 atom stereocenters. The third kappa shape index (κ3) is 5.75. The van der Waals surface area contributed by atoms with Crippen LogP contribution in [0.15, 0.2) is 158 Å². The van der Waals surface area contributed by atoms with Crippen molar-refractivity contribution in [3.63, 3.8) is 0 Å². The third-order valence-electron chi connectivity index (χ3n) is 12.9. The maximum absolute atomic E-state index is 2.56. The number of nitrogens with zero attached hydrogens (tertiary/aromatic N) is 1. The molecule has 2 aliphatic carbocycles. The normalized spacial score (nSPS) is 15.8. The fourth-order valence-electron chi connectivity index (χ4n) is 9.70. The molecule has 0 radical (unpaired) electrons. The van der Waals surface area contributed by atoms with Gasteiger partial charge in [0.25, 0.3) is 0 Å². The minimum absolute atomic E-state index is 0.0176. The summed E-state index contributed by atoms with van der Waals surface area (Å²) in [6.45, 7) is 17.0. The van der Waals surface area contributed by atoms with E-state index >= 15 is 0 Å². The van der Waals surface area contributed by atoms with Crippen molar-refractivity contribution in [2.45, 2.75) is 77.6 Å². The number of hydrogen-bond acceptors (Lipinski definition) is 1. The van der Waals surface area contributed by atoms with Gasteiger partial charge in [0.1, 0.15) is 0 Å². The van der Waals surface area contributed by atoms with E-state index in [1.165, 1.54) is 84.4 Å². The van der Waals surface area contributed by atoms with Crippen molar-refractivity contribution in [1.29, 1.82) is 0 Å². The van der Waals surface area contributed by atoms with Crippen LogP contribution < -0.4 is 4.90 Å². The van der Waals surface area contributed by atoms with Gasteiger partial charge in [0.2, 0.25) is 0 Å². The molecule has 9 rings (SSSR count). The van der Waals surface area contributed by atoms with Crippen LogP contribution in [-0.2, 0) is 16.2 Å². The van der Waals surface area contributed by atoms with Crippen molar-refractivity contribution in [3.8, 4) is 44.5 Å². The fourth-order valence-corrected chi connectivity index (χ4v) is 9.70. The minimum atomic E-state index is -0.159. The Kier molecular flexibility index (Phi) is 8.28. The molecule has 55 heavy (non-hydrogen) atoms. The summed E-state index contributed by atoms with van der Waals surface area (Å²) in [6.07, 6.45) is 2.33. The molecule has 0 unspecified atom stereocenters. The Labute approximate surface area is 328 Å². The number of para-hydroxylation sites is 1. The number of benzene rings is 7. The van der Waals surface area contributed by atoms with E-state index in [2.05, 4.69) is 211 Å². The van der Waals surface area contributed by atoms with Crippen LogP contribution in [0.1, 0.15) is 82.2 Å². The van der Waals surface area contributed by atoms with E-state index in [-0.39, 0.29) is 16.2 Å². The van der Waals surface area contributed by atoms with E-state index in [4.69, 9.17) is 0 Å². The summed E-state index contributed by atoms with van der Waals surface area (Å²) in [7, 11) is 0. The van der Waals surface area contributed by atoms with Crippen molar-refractivity contribution in [1.82, 2.24) is 0 Å². The van der Waals surface area contributed by atoms with Gasteiger partial charge in [-0.05, 0) is 122 Å². The highest BCUT2D eigenvalue weighted by molar-refractivity contribution is 5.99. The Morgan fingerprint density at radius 2 is 1.00 bits per heavy atom. The van der Waals surface area contributed by atoms with E-state index < -0.39 is 0 Å². The molecule has 272 valence electrons. The summed E-state index contributed by atoms with van der Waals surface area (Å²) in [5.41, 5.74) is 20.8. The van der Waals surface area contributed by atoms with Crippen LogP contribution in [-0.4, -0.2) is 0 Å². The average molecular weight is 714 g/mol. The molecular weight excluding hydrogens is 663 g/mol. The molecule has 0 amide bonds. The van der Waals surface area contributed by atoms with E-state index in [1.54, 1.807) is 0 Å². The minimum Gasteiger partial charge on any atom is -0.309 e. The molecular formula is C54H51N. The van der Waals surface area contributed by atoms with E-state index in [9.17, 15) is 0 Å². The summed E-state index contributed by atoms with van der Waals surface area (Å²) < 4.78 is 0. The largest absolute Gasteiger partial charge is 0.309 e. The second-order valence-electron chi connectivity index (χ2n) is 17.7. The van der Waals surface area contributed by atoms with E-state index in [1.807, 2.05) is 0 Å². The van der Waals surface area contributed by atoms with Gasteiger partial charge in [0.05, 0.1) is 11.4 Å². The summed E-state index contributed by atoms with van der Waals surface area (Å²) in [4.78, 5) is 2.56. The lowest BCUT2D eigenvalue weighted by atomic mass is 9.61. The van der Waals surface area contributed by atoms with Gasteiger partial charge in [-0.15, -0.1) is 0 Å². The standard InChI is InChI=1S/C54H51N/c1-36-26-31-46-51(53(4,5)33-32-52(46,2)3)50(36)44-34-43-42-23-14-16-24-45(42)54(6,7)47(43)35-49(44)55(40-29-27-38(28-30-40)37-18-10-8-11-19-37)48-25-17-15-22-41(48)39-20-12-9-13-21-39/h8-31,34-35H,32-33H2,1-7H3. The monoisotopic (exact) mass is 713 g/mol. The van der Waals surface area contributed by atoms with Crippen molar-refractivity contribution in [3.05, 3.63) is 186 Å². The Morgan fingerprint density at radius 3 is 1.71 bits per heavy atom. The highest BCUT2D eigenvalue weighted by Crippen LogP contribution is 2.57. The van der Waals surface area contributed by atoms with Crippen molar-refractivity contribution < 1.29 is 0 Å². The first-order valence-electron chi connectivity index (χ1n) is 20.0. The number of hydrogen-bond donors (Lipinski definition) is 0. The highest BCUT2D eigenvalue weighted by Gasteiger charge is 2.42. The molecule has 0 heterocycles. The zero-order valence-electron chi connectivity index (χ0n) is 33.4. The second-order valence-corrected chi connectivity index (χ2v) is 17.7. The van der Waals surface area contributed by atoms with Crippen LogP contribution in [0.3, 0.4) is 0 Å². The van der Waals surface area contributed by atoms with Crippen molar-refractivity contribution in [2.24, 2.45) is 0 Å². The molecule has 7 aromatic carbocycles. The molecule has 0 N–H and O–H groups in total. The van der Waals surface area contributed by atoms with Gasteiger partial charge in [-0.2, -0.15) is 0 Å². The van der Waals surface area contributed by atoms with Crippen LogP contribution >= 0.6 is 0 Å². The Bertz CT molecular complexity index is 2550. The first-order valence-corrected chi connectivity index (χ1v) is 20.0. The van der Waals surface area contributed by atoms with Gasteiger partial charge in [-0.3, -0.25) is 0 Å². The number of anilines is 3. The highest BCUT2D eigenvalue weighted by atomic mass is 15.1. The summed E-state index contributed by atoms with van der Waals surface area (Å²) in [6, 6.07) is 58.8. The third-order valence-corrected chi connectivity index (χ3v) is 12.9. The molecule has 0 bridgehead atoms. The molecule has 1 heteroatoms. The van der Waals surface area contributed by atoms with Crippen LogP contribution in [0, 0.1) is 6.92 Å². The average Bonchev–Trinajstić information content (AvgIpc) is 3.42. The van der Waals surface area contributed by atoms with Crippen LogP contribution in [0.5, 0.6) is 0 Å². The predicted molar refractivity (Wildman–Crippen MR) is 235 cm³/mol. The molecule has 0 spiro atoms. The zero-order valence-corrected chi connectivity index (χ0v) is 33.4. The van der Waals surface area contributed by atoms with Crippen LogP contribution in [0.4, 0.5) is 17.1 Å². The van der Waals surface area contributed by atoms with Gasteiger partial charge in [-0.25, -0.2) is 0 Å². The maximum atomic E-state index is 2.56. The Morgan fingerprint density at radius 1 is 0.418 bits per heavy atom. The maximum Gasteiger partial charge on any atom is 0.0544 e. The first kappa shape index (κ1) is 35.1. The van der Waals surface area contributed by atoms with E-state index in [0.717, 1.165) is 17.8 Å². The van der Waals surface area contributed by atoms with Crippen molar-refractivity contribution in [2.75, 3.05) is 4.90 Å². The smallest absolute Gasteiger partial charge is 0.0544 e. The molecule has 0 aliphatic heterocycles. The van der Waals surface area contributed by atoms with Gasteiger partial charge >= 0.3 is 0 Å². The lowest BCUT2D eigenvalue weighted by Crippen LogP contribution is -2.34. The Balaban J connectivity index is 1.40. The molecule has 0 aromatic heterocycles. The molecule has 1 nitrogen and oxygen atoms in total. The Hall–Kier alpha value is -5.66. The summed E-state index contributed by atoms with van der Waals surface area (Å²) in [5.74, 6) is 0. The molecule has 7 aromatic rings. The topological polar surface area (TPSA) is 3.24 Å². The van der Waals surface area contributed by atoms with Gasteiger partial charge in [-0.1, -0.05) is 169 Å². The summed E-state index contributed by atoms with van der Waals surface area (Å²) in [5, 5.41) is 0. The summed E-state index contributed by atoms with van der Waals surface area (Å²) >= 11 is 0. The van der Waals surface area contributed by atoms with Crippen LogP contribution in [0.2, 0.25) is 0 Å². The quantitative estimate of drug-likeness (QED) is 0.166. The van der Waals surface area contributed by atoms with Crippen LogP contribution in [0.25, 0.3) is 44.5 Å². The number of fused-ring (bicyclic) bond motifs is 4. The SMILES string of the molecule is Cc1ccc2c(c1-c1cc3c(cc1N(c1ccc(-c4ccccc4)cc1)c1ccccc1-c1ccccc1)C(C)(C)c1ccccc1-3)C(C)(C)CCC2(C)C.